The monoisotopic (exact) mass is 348 g/mol. The van der Waals surface area contributed by atoms with Gasteiger partial charge < -0.3 is 9.84 Å². The molecule has 118 valence electrons. The van der Waals surface area contributed by atoms with Gasteiger partial charge >= 0.3 is 0 Å². The van der Waals surface area contributed by atoms with Gasteiger partial charge in [0.05, 0.1) is 28.5 Å². The zero-order valence-corrected chi connectivity index (χ0v) is 13.8. The Morgan fingerprint density at radius 2 is 1.78 bits per heavy atom. The quantitative estimate of drug-likeness (QED) is 0.730. The molecule has 3 rings (SSSR count). The third-order valence-electron chi connectivity index (χ3n) is 3.54. The Hall–Kier alpha value is -2.01. The molecule has 0 amide bonds. The first-order valence-electron chi connectivity index (χ1n) is 6.91. The van der Waals surface area contributed by atoms with Crippen LogP contribution >= 0.6 is 23.2 Å². The molecule has 6 heteroatoms. The summed E-state index contributed by atoms with van der Waals surface area (Å²) in [5.41, 5.74) is 2.85. The number of ether oxygens (including phenoxy) is 1. The van der Waals surface area contributed by atoms with Crippen LogP contribution in [0, 0.1) is 0 Å². The number of nitrogens with one attached hydrogen (secondary N) is 1. The highest BCUT2D eigenvalue weighted by molar-refractivity contribution is 6.42. The van der Waals surface area contributed by atoms with Crippen molar-refractivity contribution >= 4 is 23.2 Å². The largest absolute Gasteiger partial charge is 0.497 e. The highest BCUT2D eigenvalue weighted by Crippen LogP contribution is 2.30. The Morgan fingerprint density at radius 3 is 2.43 bits per heavy atom. The second-order valence-electron chi connectivity index (χ2n) is 5.01. The highest BCUT2D eigenvalue weighted by Gasteiger charge is 2.15. The molecule has 2 aromatic carbocycles. The molecule has 2 N–H and O–H groups in total. The number of hydrogen-bond donors (Lipinski definition) is 2. The van der Waals surface area contributed by atoms with Gasteiger partial charge in [-0.1, -0.05) is 41.4 Å². The second-order valence-corrected chi connectivity index (χ2v) is 5.83. The van der Waals surface area contributed by atoms with Crippen molar-refractivity contribution in [2.24, 2.45) is 0 Å². The fourth-order valence-electron chi connectivity index (χ4n) is 2.25. The van der Waals surface area contributed by atoms with Gasteiger partial charge in [0, 0.05) is 5.56 Å². The van der Waals surface area contributed by atoms with Crippen LogP contribution in [0.25, 0.3) is 11.3 Å². The number of methoxy groups -OCH3 is 1. The van der Waals surface area contributed by atoms with E-state index >= 15 is 0 Å². The number of aromatic amines is 1. The number of rotatable bonds is 4. The molecule has 1 heterocycles. The Kier molecular flexibility index (Phi) is 4.57. The lowest BCUT2D eigenvalue weighted by atomic mass is 10.1. The van der Waals surface area contributed by atoms with Gasteiger partial charge in [0.25, 0.3) is 0 Å². The van der Waals surface area contributed by atoms with Crippen molar-refractivity contribution in [1.29, 1.82) is 0 Å². The van der Waals surface area contributed by atoms with Gasteiger partial charge in [-0.3, -0.25) is 5.10 Å². The zero-order chi connectivity index (χ0) is 16.4. The maximum Gasteiger partial charge on any atom is 0.120 e. The van der Waals surface area contributed by atoms with Crippen molar-refractivity contribution in [3.05, 3.63) is 69.8 Å². The molecule has 0 saturated carbocycles. The molecule has 0 fully saturated rings. The van der Waals surface area contributed by atoms with E-state index in [1.807, 2.05) is 18.2 Å². The van der Waals surface area contributed by atoms with Crippen molar-refractivity contribution in [2.45, 2.75) is 6.10 Å². The topological polar surface area (TPSA) is 58.1 Å². The summed E-state index contributed by atoms with van der Waals surface area (Å²) < 4.78 is 5.11. The number of aromatic nitrogens is 2. The van der Waals surface area contributed by atoms with Crippen LogP contribution in [-0.2, 0) is 0 Å². The van der Waals surface area contributed by atoms with Gasteiger partial charge in [0.1, 0.15) is 11.9 Å². The summed E-state index contributed by atoms with van der Waals surface area (Å²) in [7, 11) is 1.60. The van der Waals surface area contributed by atoms with E-state index in [0.717, 1.165) is 16.9 Å². The van der Waals surface area contributed by atoms with Crippen molar-refractivity contribution in [1.82, 2.24) is 10.2 Å². The fourth-order valence-corrected chi connectivity index (χ4v) is 2.54. The number of aliphatic hydroxyl groups excluding tert-OH is 1. The van der Waals surface area contributed by atoms with Crippen LogP contribution in [0.5, 0.6) is 5.75 Å². The lowest BCUT2D eigenvalue weighted by Gasteiger charge is -2.09. The molecule has 0 aliphatic carbocycles. The zero-order valence-electron chi connectivity index (χ0n) is 12.3. The normalized spacial score (nSPS) is 12.2. The first-order chi connectivity index (χ1) is 11.1. The third-order valence-corrected chi connectivity index (χ3v) is 4.28. The summed E-state index contributed by atoms with van der Waals surface area (Å²) in [5.74, 6) is 0.738. The first kappa shape index (κ1) is 15.9. The third kappa shape index (κ3) is 3.34. The molecule has 0 saturated heterocycles. The number of halogens is 2. The van der Waals surface area contributed by atoms with Gasteiger partial charge in [0.15, 0.2) is 0 Å². The van der Waals surface area contributed by atoms with E-state index in [4.69, 9.17) is 27.9 Å². The number of hydrogen-bond acceptors (Lipinski definition) is 3. The van der Waals surface area contributed by atoms with Gasteiger partial charge in [-0.25, -0.2) is 0 Å². The Labute approximate surface area is 143 Å². The molecule has 23 heavy (non-hydrogen) atoms. The molecule has 0 radical (unpaired) electrons. The molecule has 0 bridgehead atoms. The minimum absolute atomic E-state index is 0.462. The molecule has 1 atom stereocenters. The molecule has 3 aromatic rings. The predicted molar refractivity (Wildman–Crippen MR) is 91.1 cm³/mol. The minimum atomic E-state index is -0.801. The molecular formula is C17H14Cl2N2O2. The number of benzene rings is 2. The number of H-pyrrole nitrogens is 1. The van der Waals surface area contributed by atoms with Crippen LogP contribution in [0.2, 0.25) is 10.0 Å². The van der Waals surface area contributed by atoms with Gasteiger partial charge in [-0.05, 0) is 35.9 Å². The summed E-state index contributed by atoms with van der Waals surface area (Å²) in [6, 6.07) is 14.3. The second kappa shape index (κ2) is 6.62. The van der Waals surface area contributed by atoms with Crippen molar-refractivity contribution in [3.8, 4) is 17.0 Å². The predicted octanol–water partition coefficient (Wildman–Crippen LogP) is 4.47. The summed E-state index contributed by atoms with van der Waals surface area (Å²) in [6.07, 6.45) is -0.801. The Morgan fingerprint density at radius 1 is 1.04 bits per heavy atom. The SMILES string of the molecule is COc1ccc(C(O)c2cc(-c3ccc(Cl)c(Cl)c3)n[nH]2)cc1. The van der Waals surface area contributed by atoms with E-state index in [-0.39, 0.29) is 0 Å². The maximum atomic E-state index is 10.5. The average molecular weight is 349 g/mol. The van der Waals surface area contributed by atoms with Crippen LogP contribution in [0.15, 0.2) is 48.5 Å². The van der Waals surface area contributed by atoms with Crippen LogP contribution in [0.4, 0.5) is 0 Å². The fraction of sp³-hybridized carbons (Fsp3) is 0.118. The molecule has 0 spiro atoms. The van der Waals surface area contributed by atoms with Crippen LogP contribution in [0.3, 0.4) is 0 Å². The van der Waals surface area contributed by atoms with E-state index in [2.05, 4.69) is 10.2 Å². The number of nitrogens with zero attached hydrogens (tertiary/aromatic N) is 1. The summed E-state index contributed by atoms with van der Waals surface area (Å²) in [6.45, 7) is 0. The molecule has 1 unspecified atom stereocenters. The smallest absolute Gasteiger partial charge is 0.120 e. The average Bonchev–Trinajstić information content (AvgIpc) is 3.07. The van der Waals surface area contributed by atoms with E-state index in [1.54, 1.807) is 37.4 Å². The van der Waals surface area contributed by atoms with Crippen LogP contribution in [0.1, 0.15) is 17.4 Å². The summed E-state index contributed by atoms with van der Waals surface area (Å²) in [5, 5.41) is 18.5. The van der Waals surface area contributed by atoms with Crippen molar-refractivity contribution < 1.29 is 9.84 Å². The molecular weight excluding hydrogens is 335 g/mol. The Balaban J connectivity index is 1.86. The standard InChI is InChI=1S/C17H14Cl2N2O2/c1-23-12-5-2-10(3-6-12)17(22)16-9-15(20-21-16)11-4-7-13(18)14(19)8-11/h2-9,17,22H,1H3,(H,20,21). The van der Waals surface area contributed by atoms with Crippen LogP contribution < -0.4 is 4.74 Å². The van der Waals surface area contributed by atoms with Crippen molar-refractivity contribution in [3.63, 3.8) is 0 Å². The Bertz CT molecular complexity index is 816. The van der Waals surface area contributed by atoms with E-state index in [9.17, 15) is 5.11 Å². The molecule has 0 aliphatic heterocycles. The van der Waals surface area contributed by atoms with Crippen LogP contribution in [-0.4, -0.2) is 22.4 Å². The molecule has 4 nitrogen and oxygen atoms in total. The van der Waals surface area contributed by atoms with E-state index < -0.39 is 6.10 Å². The summed E-state index contributed by atoms with van der Waals surface area (Å²) in [4.78, 5) is 0. The highest BCUT2D eigenvalue weighted by atomic mass is 35.5. The van der Waals surface area contributed by atoms with E-state index in [1.165, 1.54) is 0 Å². The van der Waals surface area contributed by atoms with Gasteiger partial charge in [-0.15, -0.1) is 0 Å². The first-order valence-corrected chi connectivity index (χ1v) is 7.67. The van der Waals surface area contributed by atoms with Gasteiger partial charge in [-0.2, -0.15) is 5.10 Å². The van der Waals surface area contributed by atoms with E-state index in [0.29, 0.717) is 21.4 Å². The number of aliphatic hydroxyl groups is 1. The minimum Gasteiger partial charge on any atom is -0.497 e. The lowest BCUT2D eigenvalue weighted by Crippen LogP contribution is -1.99. The maximum absolute atomic E-state index is 10.5. The molecule has 1 aromatic heterocycles. The van der Waals surface area contributed by atoms with Gasteiger partial charge in [0.2, 0.25) is 0 Å². The molecule has 0 aliphatic rings. The van der Waals surface area contributed by atoms with Crippen molar-refractivity contribution in [2.75, 3.05) is 7.11 Å². The summed E-state index contributed by atoms with van der Waals surface area (Å²) >= 11 is 11.9. The lowest BCUT2D eigenvalue weighted by molar-refractivity contribution is 0.215.